The van der Waals surface area contributed by atoms with Crippen LogP contribution in [-0.4, -0.2) is 23.9 Å². The molecule has 1 atom stereocenters. The highest BCUT2D eigenvalue weighted by atomic mass is 35.5. The van der Waals surface area contributed by atoms with Gasteiger partial charge in [0.1, 0.15) is 0 Å². The van der Waals surface area contributed by atoms with Gasteiger partial charge in [0.15, 0.2) is 5.76 Å². The lowest BCUT2D eigenvalue weighted by molar-refractivity contribution is 0.0882. The summed E-state index contributed by atoms with van der Waals surface area (Å²) < 4.78 is 5.05. The number of furan rings is 1. The van der Waals surface area contributed by atoms with Gasteiger partial charge in [-0.15, -0.1) is 12.4 Å². The summed E-state index contributed by atoms with van der Waals surface area (Å²) >= 11 is 0. The van der Waals surface area contributed by atoms with Gasteiger partial charge >= 0.3 is 0 Å². The van der Waals surface area contributed by atoms with E-state index in [4.69, 9.17) is 10.2 Å². The van der Waals surface area contributed by atoms with Crippen molar-refractivity contribution in [3.63, 3.8) is 0 Å². The van der Waals surface area contributed by atoms with E-state index in [1.807, 2.05) is 20.8 Å². The molecule has 2 rings (SSSR count). The minimum Gasteiger partial charge on any atom is -0.459 e. The van der Waals surface area contributed by atoms with Crippen LogP contribution in [0, 0.1) is 5.92 Å². The Kier molecular flexibility index (Phi) is 7.21. The topological polar surface area (TPSA) is 97.4 Å². The van der Waals surface area contributed by atoms with Crippen molar-refractivity contribution >= 4 is 29.9 Å². The van der Waals surface area contributed by atoms with E-state index in [9.17, 15) is 9.59 Å². The number of halogens is 1. The lowest BCUT2D eigenvalue weighted by atomic mass is 9.88. The fraction of sp³-hybridized carbons (Fsp3) is 0.333. The normalized spacial score (nSPS) is 12.8. The molecule has 4 N–H and O–H groups in total. The van der Waals surface area contributed by atoms with Gasteiger partial charge in [-0.1, -0.05) is 19.9 Å². The molecule has 0 saturated carbocycles. The SMILES string of the molecule is CC(C)C(C)(CN)NC(=O)c1cccc(NC(=O)c2ccco2)c1.Cl. The first kappa shape index (κ1) is 20.7. The van der Waals surface area contributed by atoms with Crippen molar-refractivity contribution in [2.24, 2.45) is 11.7 Å². The zero-order valence-electron chi connectivity index (χ0n) is 14.5. The summed E-state index contributed by atoms with van der Waals surface area (Å²) in [5.41, 5.74) is 6.27. The lowest BCUT2D eigenvalue weighted by Gasteiger charge is -2.33. The molecule has 1 unspecified atom stereocenters. The van der Waals surface area contributed by atoms with Crippen molar-refractivity contribution in [3.05, 3.63) is 54.0 Å². The Labute approximate surface area is 153 Å². The number of carbonyl (C=O) groups excluding carboxylic acids is 2. The molecule has 0 saturated heterocycles. The van der Waals surface area contributed by atoms with Crippen LogP contribution in [0.4, 0.5) is 5.69 Å². The van der Waals surface area contributed by atoms with Crippen LogP contribution in [0.3, 0.4) is 0 Å². The molecule has 0 fully saturated rings. The molecular weight excluding hydrogens is 342 g/mol. The van der Waals surface area contributed by atoms with Gasteiger partial charge in [0.25, 0.3) is 11.8 Å². The molecule has 0 aliphatic rings. The monoisotopic (exact) mass is 365 g/mol. The van der Waals surface area contributed by atoms with E-state index in [2.05, 4.69) is 10.6 Å². The molecule has 1 aromatic carbocycles. The van der Waals surface area contributed by atoms with Gasteiger partial charge in [0.05, 0.1) is 11.8 Å². The molecule has 0 spiro atoms. The first-order valence-electron chi connectivity index (χ1n) is 7.83. The second-order valence-electron chi connectivity index (χ2n) is 6.24. The van der Waals surface area contributed by atoms with Gasteiger partial charge < -0.3 is 20.8 Å². The Bertz CT molecular complexity index is 716. The molecule has 0 aliphatic carbocycles. The molecule has 1 heterocycles. The largest absolute Gasteiger partial charge is 0.459 e. The van der Waals surface area contributed by atoms with Crippen molar-refractivity contribution in [1.29, 1.82) is 0 Å². The van der Waals surface area contributed by atoms with Crippen LogP contribution in [0.25, 0.3) is 0 Å². The molecule has 0 bridgehead atoms. The molecule has 25 heavy (non-hydrogen) atoms. The average molecular weight is 366 g/mol. The van der Waals surface area contributed by atoms with Crippen molar-refractivity contribution in [3.8, 4) is 0 Å². The average Bonchev–Trinajstić information content (AvgIpc) is 3.09. The van der Waals surface area contributed by atoms with Crippen LogP contribution in [0.5, 0.6) is 0 Å². The summed E-state index contributed by atoms with van der Waals surface area (Å²) in [6.45, 7) is 6.27. The van der Waals surface area contributed by atoms with Crippen molar-refractivity contribution < 1.29 is 14.0 Å². The third-order valence-electron chi connectivity index (χ3n) is 4.22. The number of nitrogens with two attached hydrogens (primary N) is 1. The maximum Gasteiger partial charge on any atom is 0.291 e. The van der Waals surface area contributed by atoms with E-state index >= 15 is 0 Å². The maximum atomic E-state index is 12.5. The number of amides is 2. The van der Waals surface area contributed by atoms with E-state index < -0.39 is 5.54 Å². The van der Waals surface area contributed by atoms with Crippen LogP contribution < -0.4 is 16.4 Å². The molecule has 0 aliphatic heterocycles. The summed E-state index contributed by atoms with van der Waals surface area (Å²) in [5.74, 6) is -0.203. The van der Waals surface area contributed by atoms with Gasteiger partial charge in [-0.2, -0.15) is 0 Å². The molecule has 7 heteroatoms. The quantitative estimate of drug-likeness (QED) is 0.732. The number of anilines is 1. The third kappa shape index (κ3) is 5.08. The molecule has 2 amide bonds. The fourth-order valence-corrected chi connectivity index (χ4v) is 2.10. The second kappa shape index (κ2) is 8.69. The first-order chi connectivity index (χ1) is 11.4. The van der Waals surface area contributed by atoms with Gasteiger partial charge in [0, 0.05) is 17.8 Å². The summed E-state index contributed by atoms with van der Waals surface area (Å²) in [4.78, 5) is 24.5. The van der Waals surface area contributed by atoms with Gasteiger partial charge in [0.2, 0.25) is 0 Å². The smallest absolute Gasteiger partial charge is 0.291 e. The summed E-state index contributed by atoms with van der Waals surface area (Å²) in [5, 5.41) is 5.67. The van der Waals surface area contributed by atoms with Crippen molar-refractivity contribution in [2.75, 3.05) is 11.9 Å². The van der Waals surface area contributed by atoms with Crippen LogP contribution >= 0.6 is 12.4 Å². The van der Waals surface area contributed by atoms with Crippen LogP contribution in [0.2, 0.25) is 0 Å². The van der Waals surface area contributed by atoms with E-state index in [1.54, 1.807) is 36.4 Å². The van der Waals surface area contributed by atoms with Gasteiger partial charge in [-0.25, -0.2) is 0 Å². The molecule has 136 valence electrons. The second-order valence-corrected chi connectivity index (χ2v) is 6.24. The maximum absolute atomic E-state index is 12.5. The zero-order chi connectivity index (χ0) is 17.7. The van der Waals surface area contributed by atoms with Crippen molar-refractivity contribution in [2.45, 2.75) is 26.3 Å². The predicted molar refractivity (Wildman–Crippen MR) is 100 cm³/mol. The Morgan fingerprint density at radius 3 is 2.48 bits per heavy atom. The number of hydrogen-bond donors (Lipinski definition) is 3. The van der Waals surface area contributed by atoms with E-state index in [0.717, 1.165) is 0 Å². The highest BCUT2D eigenvalue weighted by molar-refractivity contribution is 6.03. The molecule has 0 radical (unpaired) electrons. The van der Waals surface area contributed by atoms with E-state index in [-0.39, 0.29) is 35.9 Å². The first-order valence-corrected chi connectivity index (χ1v) is 7.83. The lowest BCUT2D eigenvalue weighted by Crippen LogP contribution is -2.55. The summed E-state index contributed by atoms with van der Waals surface area (Å²) in [6.07, 6.45) is 1.43. The Balaban J connectivity index is 0.00000312. The van der Waals surface area contributed by atoms with E-state index in [1.165, 1.54) is 6.26 Å². The van der Waals surface area contributed by atoms with Gasteiger partial charge in [-0.3, -0.25) is 9.59 Å². The number of hydrogen-bond acceptors (Lipinski definition) is 4. The van der Waals surface area contributed by atoms with E-state index in [0.29, 0.717) is 17.8 Å². The number of carbonyl (C=O) groups is 2. The highest BCUT2D eigenvalue weighted by Gasteiger charge is 2.29. The molecule has 6 nitrogen and oxygen atoms in total. The number of benzene rings is 1. The number of rotatable bonds is 6. The molecule has 1 aromatic heterocycles. The Morgan fingerprint density at radius 2 is 1.92 bits per heavy atom. The Hall–Kier alpha value is -2.31. The third-order valence-corrected chi connectivity index (χ3v) is 4.22. The number of nitrogens with one attached hydrogen (secondary N) is 2. The summed E-state index contributed by atoms with van der Waals surface area (Å²) in [6, 6.07) is 9.94. The highest BCUT2D eigenvalue weighted by Crippen LogP contribution is 2.17. The molecule has 2 aromatic rings. The van der Waals surface area contributed by atoms with Gasteiger partial charge in [-0.05, 0) is 43.2 Å². The fourth-order valence-electron chi connectivity index (χ4n) is 2.10. The van der Waals surface area contributed by atoms with Crippen LogP contribution in [0.1, 0.15) is 41.7 Å². The Morgan fingerprint density at radius 1 is 1.20 bits per heavy atom. The summed E-state index contributed by atoms with van der Waals surface area (Å²) in [7, 11) is 0. The van der Waals surface area contributed by atoms with Crippen LogP contribution in [-0.2, 0) is 0 Å². The minimum absolute atomic E-state index is 0. The predicted octanol–water partition coefficient (Wildman–Crippen LogP) is 3.06. The van der Waals surface area contributed by atoms with Crippen molar-refractivity contribution in [1.82, 2.24) is 5.32 Å². The standard InChI is InChI=1S/C18H23N3O3.ClH/c1-12(2)18(3,11-19)21-16(22)13-6-4-7-14(10-13)20-17(23)15-8-5-9-24-15;/h4-10,12H,11,19H2,1-3H3,(H,20,23)(H,21,22);1H. The molecular formula is C18H24ClN3O3. The minimum atomic E-state index is -0.496. The zero-order valence-corrected chi connectivity index (χ0v) is 15.4. The van der Waals surface area contributed by atoms with Crippen LogP contribution in [0.15, 0.2) is 47.1 Å².